The lowest BCUT2D eigenvalue weighted by Gasteiger charge is -2.16. The molecule has 0 radical (unpaired) electrons. The second kappa shape index (κ2) is 12.5. The summed E-state index contributed by atoms with van der Waals surface area (Å²) in [5.74, 6) is 0.342. The number of ether oxygens (including phenoxy) is 2. The van der Waals surface area contributed by atoms with E-state index in [0.717, 1.165) is 28.2 Å². The van der Waals surface area contributed by atoms with Crippen LogP contribution in [0.3, 0.4) is 0 Å². The number of carbonyl (C=O) groups is 1. The zero-order valence-corrected chi connectivity index (χ0v) is 22.9. The van der Waals surface area contributed by atoms with Crippen LogP contribution in [-0.4, -0.2) is 49.0 Å². The maximum Gasteiger partial charge on any atom is 0.407 e. The summed E-state index contributed by atoms with van der Waals surface area (Å²) >= 11 is 0. The van der Waals surface area contributed by atoms with E-state index >= 15 is 0 Å². The van der Waals surface area contributed by atoms with Gasteiger partial charge in [0.15, 0.2) is 0 Å². The Morgan fingerprint density at radius 1 is 1.11 bits per heavy atom. The molecule has 0 fully saturated rings. The maximum absolute atomic E-state index is 12.3. The Kier molecular flexibility index (Phi) is 9.66. The van der Waals surface area contributed by atoms with Crippen molar-refractivity contribution in [2.45, 2.75) is 58.4 Å². The predicted molar refractivity (Wildman–Crippen MR) is 142 cm³/mol. The molecule has 0 atom stereocenters. The van der Waals surface area contributed by atoms with Gasteiger partial charge in [-0.1, -0.05) is 56.0 Å². The van der Waals surface area contributed by atoms with Crippen LogP contribution in [0.2, 0.25) is 25.7 Å². The summed E-state index contributed by atoms with van der Waals surface area (Å²) in [4.78, 5) is 17.0. The molecule has 1 heterocycles. The molecule has 9 nitrogen and oxygen atoms in total. The van der Waals surface area contributed by atoms with Crippen molar-refractivity contribution in [1.29, 1.82) is 0 Å². The molecular weight excluding hydrogens is 498 g/mol. The largest absolute Gasteiger partial charge is 0.445 e. The van der Waals surface area contributed by atoms with Crippen LogP contribution in [0.5, 0.6) is 0 Å². The summed E-state index contributed by atoms with van der Waals surface area (Å²) in [6.07, 6.45) is 0.268. The molecule has 3 rings (SSSR count). The lowest BCUT2D eigenvalue weighted by molar-refractivity contribution is 0.0873. The molecule has 0 aliphatic carbocycles. The number of hydrogen-bond acceptors (Lipinski definition) is 6. The van der Waals surface area contributed by atoms with E-state index in [1.54, 1.807) is 0 Å². The molecule has 36 heavy (non-hydrogen) atoms. The molecule has 196 valence electrons. The molecule has 0 saturated heterocycles. The Labute approximate surface area is 213 Å². The van der Waals surface area contributed by atoms with Gasteiger partial charge in [0.05, 0.1) is 23.3 Å². The summed E-state index contributed by atoms with van der Waals surface area (Å²) in [6.45, 7) is 8.18. The highest BCUT2D eigenvalue weighted by Gasteiger charge is 2.16. The van der Waals surface area contributed by atoms with E-state index in [1.807, 2.05) is 53.1 Å². The molecule has 1 aromatic heterocycles. The molecule has 0 bridgehead atoms. The Hall–Kier alpha value is -2.73. The van der Waals surface area contributed by atoms with Gasteiger partial charge in [0.25, 0.3) is 10.1 Å². The summed E-state index contributed by atoms with van der Waals surface area (Å²) < 4.78 is 44.2. The second-order valence-corrected chi connectivity index (χ2v) is 17.1. The number of aromatic nitrogens is 2. The quantitative estimate of drug-likeness (QED) is 0.187. The van der Waals surface area contributed by atoms with E-state index in [2.05, 4.69) is 25.0 Å². The van der Waals surface area contributed by atoms with Crippen LogP contribution < -0.4 is 5.32 Å². The third-order valence-corrected chi connectivity index (χ3v) is 8.09. The van der Waals surface area contributed by atoms with Crippen molar-refractivity contribution in [3.63, 3.8) is 0 Å². The standard InChI is InChI=1S/C25H35N3O6SSi/c1-36(2,3)15-13-33-19-28-23-12-11-20(10-7-14-35(30,31)32)16-22(23)27-24(28)17-26-25(29)34-18-21-8-5-4-6-9-21/h4-6,8-9,11-12,16H,7,10,13-15,17-19H2,1-3H3,(H,26,29)(H,30,31,32). The lowest BCUT2D eigenvalue weighted by Crippen LogP contribution is -2.26. The van der Waals surface area contributed by atoms with Gasteiger partial charge >= 0.3 is 6.09 Å². The fourth-order valence-corrected chi connectivity index (χ4v) is 4.84. The average Bonchev–Trinajstić information content (AvgIpc) is 3.15. The molecule has 0 unspecified atom stereocenters. The van der Waals surface area contributed by atoms with Gasteiger partial charge in [-0.3, -0.25) is 4.55 Å². The van der Waals surface area contributed by atoms with Gasteiger partial charge in [-0.25, -0.2) is 9.78 Å². The van der Waals surface area contributed by atoms with Crippen LogP contribution in [0.1, 0.15) is 23.4 Å². The van der Waals surface area contributed by atoms with Crippen LogP contribution in [0.25, 0.3) is 11.0 Å². The van der Waals surface area contributed by atoms with Crippen molar-refractivity contribution in [2.24, 2.45) is 0 Å². The number of imidazole rings is 1. The zero-order valence-electron chi connectivity index (χ0n) is 21.1. The average molecular weight is 534 g/mol. The number of fused-ring (bicyclic) bond motifs is 1. The van der Waals surface area contributed by atoms with E-state index in [1.165, 1.54) is 0 Å². The Morgan fingerprint density at radius 2 is 1.86 bits per heavy atom. The van der Waals surface area contributed by atoms with Gasteiger partial charge in [-0.2, -0.15) is 8.42 Å². The number of aryl methyl sites for hydroxylation is 1. The summed E-state index contributed by atoms with van der Waals surface area (Å²) in [6, 6.07) is 16.2. The molecule has 2 N–H and O–H groups in total. The van der Waals surface area contributed by atoms with Crippen molar-refractivity contribution in [3.05, 3.63) is 65.5 Å². The van der Waals surface area contributed by atoms with Crippen LogP contribution in [0.15, 0.2) is 48.5 Å². The molecule has 0 saturated carbocycles. The van der Waals surface area contributed by atoms with Crippen LogP contribution in [0.4, 0.5) is 4.79 Å². The van der Waals surface area contributed by atoms with E-state index in [9.17, 15) is 13.2 Å². The minimum absolute atomic E-state index is 0.164. The third-order valence-electron chi connectivity index (χ3n) is 5.58. The highest BCUT2D eigenvalue weighted by Crippen LogP contribution is 2.20. The highest BCUT2D eigenvalue weighted by atomic mass is 32.2. The van der Waals surface area contributed by atoms with Crippen LogP contribution >= 0.6 is 0 Å². The summed E-state index contributed by atoms with van der Waals surface area (Å²) in [5, 5.41) is 2.76. The first kappa shape index (κ1) is 27.8. The van der Waals surface area contributed by atoms with Crippen molar-refractivity contribution in [3.8, 4) is 0 Å². The SMILES string of the molecule is C[Si](C)(C)CCOCn1c(CNC(=O)OCc2ccccc2)nc2cc(CCCS(=O)(=O)O)ccc21. The van der Waals surface area contributed by atoms with Gasteiger partial charge < -0.3 is 19.4 Å². The molecule has 0 aliphatic rings. The van der Waals surface area contributed by atoms with Crippen LogP contribution in [-0.2, 0) is 45.9 Å². The number of nitrogens with zero attached hydrogens (tertiary/aromatic N) is 2. The van der Waals surface area contributed by atoms with Crippen LogP contribution in [0, 0.1) is 0 Å². The van der Waals surface area contributed by atoms with Gasteiger partial charge in [-0.15, -0.1) is 0 Å². The van der Waals surface area contributed by atoms with E-state index < -0.39 is 24.3 Å². The smallest absolute Gasteiger partial charge is 0.407 e. The fraction of sp³-hybridized carbons (Fsp3) is 0.440. The first-order chi connectivity index (χ1) is 17.0. The Morgan fingerprint density at radius 3 is 2.56 bits per heavy atom. The van der Waals surface area contributed by atoms with E-state index in [0.29, 0.717) is 32.0 Å². The van der Waals surface area contributed by atoms with Crippen molar-refractivity contribution < 1.29 is 27.2 Å². The Bertz CT molecular complexity index is 1260. The highest BCUT2D eigenvalue weighted by molar-refractivity contribution is 7.85. The maximum atomic E-state index is 12.3. The van der Waals surface area contributed by atoms with E-state index in [-0.39, 0.29) is 18.9 Å². The third kappa shape index (κ3) is 9.38. The molecule has 2 aromatic carbocycles. The Balaban J connectivity index is 1.69. The van der Waals surface area contributed by atoms with Gasteiger partial charge in [0.1, 0.15) is 19.2 Å². The molecular formula is C25H35N3O6SSi. The molecule has 0 aliphatic heterocycles. The monoisotopic (exact) mass is 533 g/mol. The number of amides is 1. The molecule has 0 spiro atoms. The van der Waals surface area contributed by atoms with Gasteiger partial charge in [0.2, 0.25) is 0 Å². The zero-order chi connectivity index (χ0) is 26.2. The number of alkyl carbamates (subject to hydrolysis) is 1. The number of benzene rings is 2. The second-order valence-electron chi connectivity index (χ2n) is 9.93. The van der Waals surface area contributed by atoms with E-state index in [4.69, 9.17) is 19.0 Å². The molecule has 1 amide bonds. The summed E-state index contributed by atoms with van der Waals surface area (Å²) in [5.41, 5.74) is 3.40. The number of hydrogen-bond donors (Lipinski definition) is 2. The topological polar surface area (TPSA) is 120 Å². The number of rotatable bonds is 13. The lowest BCUT2D eigenvalue weighted by atomic mass is 10.1. The summed E-state index contributed by atoms with van der Waals surface area (Å²) in [7, 11) is -5.22. The first-order valence-electron chi connectivity index (χ1n) is 12.0. The first-order valence-corrected chi connectivity index (χ1v) is 17.3. The van der Waals surface area contributed by atoms with Gasteiger partial charge in [-0.05, 0) is 42.1 Å². The minimum atomic E-state index is -3.99. The predicted octanol–water partition coefficient (Wildman–Crippen LogP) is 4.60. The number of nitrogens with one attached hydrogen (secondary N) is 1. The molecule has 11 heteroatoms. The normalized spacial score (nSPS) is 12.1. The number of carbonyl (C=O) groups excluding carboxylic acids is 1. The van der Waals surface area contributed by atoms with Crippen molar-refractivity contribution in [1.82, 2.24) is 14.9 Å². The molecule has 3 aromatic rings. The fourth-order valence-electron chi connectivity index (χ4n) is 3.58. The van der Waals surface area contributed by atoms with Crippen molar-refractivity contribution in [2.75, 3.05) is 12.4 Å². The van der Waals surface area contributed by atoms with Gasteiger partial charge in [0, 0.05) is 14.7 Å². The van der Waals surface area contributed by atoms with Crippen molar-refractivity contribution >= 4 is 35.3 Å². The minimum Gasteiger partial charge on any atom is -0.445 e.